The van der Waals surface area contributed by atoms with Crippen molar-refractivity contribution in [1.82, 2.24) is 10.2 Å². The van der Waals surface area contributed by atoms with Crippen LogP contribution in [0.3, 0.4) is 0 Å². The second kappa shape index (κ2) is 3.02. The second-order valence-corrected chi connectivity index (χ2v) is 2.87. The summed E-state index contributed by atoms with van der Waals surface area (Å²) in [5, 5.41) is 7.29. The van der Waals surface area contributed by atoms with E-state index in [2.05, 4.69) is 10.2 Å². The number of amides is 1. The Morgan fingerprint density at radius 2 is 2.36 bits per heavy atom. The van der Waals surface area contributed by atoms with E-state index in [1.165, 1.54) is 7.11 Å². The number of ether oxygens (including phenoxy) is 1. The van der Waals surface area contributed by atoms with Crippen LogP contribution < -0.4 is 10.5 Å². The third-order valence-corrected chi connectivity index (χ3v) is 2.03. The van der Waals surface area contributed by atoms with E-state index >= 15 is 0 Å². The Morgan fingerprint density at radius 1 is 1.57 bits per heavy atom. The molecule has 3 N–H and O–H groups in total. The fraction of sp³-hybridized carbons (Fsp3) is 0.111. The molecule has 72 valence electrons. The molecule has 0 aliphatic rings. The van der Waals surface area contributed by atoms with E-state index in [4.69, 9.17) is 10.5 Å². The van der Waals surface area contributed by atoms with Crippen LogP contribution in [-0.4, -0.2) is 23.2 Å². The highest BCUT2D eigenvalue weighted by atomic mass is 16.5. The Bertz CT molecular complexity index is 490. The number of aromatic nitrogens is 2. The van der Waals surface area contributed by atoms with Crippen LogP contribution in [0.1, 0.15) is 10.4 Å². The number of hydrogen-bond donors (Lipinski definition) is 2. The van der Waals surface area contributed by atoms with Gasteiger partial charge >= 0.3 is 0 Å². The molecule has 1 heterocycles. The number of nitrogens with zero attached hydrogens (tertiary/aromatic N) is 1. The lowest BCUT2D eigenvalue weighted by atomic mass is 10.1. The number of nitrogens with one attached hydrogen (secondary N) is 1. The van der Waals surface area contributed by atoms with Gasteiger partial charge in [-0.3, -0.25) is 9.89 Å². The first-order valence-electron chi connectivity index (χ1n) is 4.03. The van der Waals surface area contributed by atoms with Crippen LogP contribution in [0, 0.1) is 0 Å². The highest BCUT2D eigenvalue weighted by molar-refractivity contribution is 6.05. The van der Waals surface area contributed by atoms with Gasteiger partial charge in [0.2, 0.25) is 5.91 Å². The Balaban J connectivity index is 2.76. The molecule has 5 nitrogen and oxygen atoms in total. The molecule has 0 bridgehead atoms. The summed E-state index contributed by atoms with van der Waals surface area (Å²) in [5.41, 5.74) is 6.37. The average molecular weight is 191 g/mol. The average Bonchev–Trinajstić information content (AvgIpc) is 2.63. The van der Waals surface area contributed by atoms with Crippen molar-refractivity contribution < 1.29 is 9.53 Å². The van der Waals surface area contributed by atoms with Crippen LogP contribution in [0.15, 0.2) is 18.3 Å². The molecule has 0 fully saturated rings. The molecule has 0 unspecified atom stereocenters. The van der Waals surface area contributed by atoms with E-state index in [0.29, 0.717) is 16.7 Å². The van der Waals surface area contributed by atoms with Gasteiger partial charge in [0.05, 0.1) is 24.4 Å². The zero-order chi connectivity index (χ0) is 10.1. The topological polar surface area (TPSA) is 81.0 Å². The number of carbonyl (C=O) groups is 1. The highest BCUT2D eigenvalue weighted by Crippen LogP contribution is 2.23. The first-order chi connectivity index (χ1) is 6.72. The fourth-order valence-electron chi connectivity index (χ4n) is 1.35. The first kappa shape index (κ1) is 8.55. The minimum absolute atomic E-state index is 0.410. The van der Waals surface area contributed by atoms with Gasteiger partial charge in [-0.15, -0.1) is 0 Å². The summed E-state index contributed by atoms with van der Waals surface area (Å²) in [7, 11) is 1.53. The molecular formula is C9H9N3O2. The molecule has 1 amide bonds. The SMILES string of the molecule is COc1cc(C(N)=O)c2cn[nH]c2c1. The zero-order valence-corrected chi connectivity index (χ0v) is 7.57. The molecule has 1 aromatic carbocycles. The number of carbonyl (C=O) groups excluding carboxylic acids is 1. The van der Waals surface area contributed by atoms with Gasteiger partial charge in [-0.2, -0.15) is 5.10 Å². The van der Waals surface area contributed by atoms with Gasteiger partial charge in [0.15, 0.2) is 0 Å². The standard InChI is InChI=1S/C9H9N3O2/c1-14-5-2-6(9(10)13)7-4-11-12-8(7)3-5/h2-4H,1H3,(H2,10,13)(H,11,12). The number of H-pyrrole nitrogens is 1. The summed E-state index contributed by atoms with van der Waals surface area (Å²) in [6.07, 6.45) is 1.56. The number of fused-ring (bicyclic) bond motifs is 1. The lowest BCUT2D eigenvalue weighted by molar-refractivity contribution is 0.100. The summed E-state index contributed by atoms with van der Waals surface area (Å²) in [6, 6.07) is 3.36. The van der Waals surface area contributed by atoms with Crippen molar-refractivity contribution in [3.63, 3.8) is 0 Å². The molecule has 5 heteroatoms. The maximum atomic E-state index is 11.1. The van der Waals surface area contributed by atoms with Crippen LogP contribution in [0.5, 0.6) is 5.75 Å². The molecule has 0 saturated heterocycles. The van der Waals surface area contributed by atoms with Crippen molar-refractivity contribution in [3.8, 4) is 5.75 Å². The van der Waals surface area contributed by atoms with E-state index in [-0.39, 0.29) is 0 Å². The van der Waals surface area contributed by atoms with Crippen LogP contribution in [-0.2, 0) is 0 Å². The predicted molar refractivity (Wildman–Crippen MR) is 51.2 cm³/mol. The molecule has 0 spiro atoms. The summed E-state index contributed by atoms with van der Waals surface area (Å²) in [6.45, 7) is 0. The van der Waals surface area contributed by atoms with E-state index in [1.807, 2.05) is 0 Å². The number of methoxy groups -OCH3 is 1. The van der Waals surface area contributed by atoms with Crippen molar-refractivity contribution in [1.29, 1.82) is 0 Å². The summed E-state index contributed by atoms with van der Waals surface area (Å²) < 4.78 is 5.03. The molecule has 0 atom stereocenters. The largest absolute Gasteiger partial charge is 0.497 e. The maximum Gasteiger partial charge on any atom is 0.249 e. The van der Waals surface area contributed by atoms with Gasteiger partial charge < -0.3 is 10.5 Å². The van der Waals surface area contributed by atoms with Crippen molar-refractivity contribution in [2.24, 2.45) is 5.73 Å². The van der Waals surface area contributed by atoms with Gasteiger partial charge in [0.25, 0.3) is 0 Å². The van der Waals surface area contributed by atoms with Crippen molar-refractivity contribution >= 4 is 16.8 Å². The molecule has 2 aromatic rings. The molecule has 0 radical (unpaired) electrons. The number of nitrogens with two attached hydrogens (primary N) is 1. The molecule has 14 heavy (non-hydrogen) atoms. The Hall–Kier alpha value is -2.04. The third-order valence-electron chi connectivity index (χ3n) is 2.03. The van der Waals surface area contributed by atoms with Gasteiger partial charge in [0.1, 0.15) is 5.75 Å². The van der Waals surface area contributed by atoms with Crippen molar-refractivity contribution in [2.75, 3.05) is 7.11 Å². The van der Waals surface area contributed by atoms with Gasteiger partial charge in [-0.1, -0.05) is 0 Å². The van der Waals surface area contributed by atoms with Crippen molar-refractivity contribution in [3.05, 3.63) is 23.9 Å². The molecule has 0 aliphatic heterocycles. The number of hydrogen-bond acceptors (Lipinski definition) is 3. The Kier molecular flexibility index (Phi) is 1.85. The van der Waals surface area contributed by atoms with E-state index in [0.717, 1.165) is 5.52 Å². The minimum Gasteiger partial charge on any atom is -0.497 e. The summed E-state index contributed by atoms with van der Waals surface area (Å²) >= 11 is 0. The zero-order valence-electron chi connectivity index (χ0n) is 7.57. The second-order valence-electron chi connectivity index (χ2n) is 2.87. The minimum atomic E-state index is -0.490. The highest BCUT2D eigenvalue weighted by Gasteiger charge is 2.10. The smallest absolute Gasteiger partial charge is 0.249 e. The quantitative estimate of drug-likeness (QED) is 0.732. The fourth-order valence-corrected chi connectivity index (χ4v) is 1.35. The van der Waals surface area contributed by atoms with Crippen LogP contribution >= 0.6 is 0 Å². The maximum absolute atomic E-state index is 11.1. The summed E-state index contributed by atoms with van der Waals surface area (Å²) in [4.78, 5) is 11.1. The monoisotopic (exact) mass is 191 g/mol. The lowest BCUT2D eigenvalue weighted by Crippen LogP contribution is -2.11. The van der Waals surface area contributed by atoms with Gasteiger partial charge in [0, 0.05) is 11.5 Å². The van der Waals surface area contributed by atoms with E-state index in [9.17, 15) is 4.79 Å². The Labute approximate surface area is 79.9 Å². The third kappa shape index (κ3) is 1.19. The molecular weight excluding hydrogens is 182 g/mol. The van der Waals surface area contributed by atoms with Crippen molar-refractivity contribution in [2.45, 2.75) is 0 Å². The number of primary amides is 1. The predicted octanol–water partition coefficient (Wildman–Crippen LogP) is 0.670. The molecule has 0 saturated carbocycles. The normalized spacial score (nSPS) is 10.4. The first-order valence-corrected chi connectivity index (χ1v) is 4.03. The molecule has 1 aromatic heterocycles. The molecule has 2 rings (SSSR count). The molecule has 0 aliphatic carbocycles. The van der Waals surface area contributed by atoms with E-state index < -0.39 is 5.91 Å². The van der Waals surface area contributed by atoms with Crippen LogP contribution in [0.4, 0.5) is 0 Å². The van der Waals surface area contributed by atoms with Gasteiger partial charge in [-0.25, -0.2) is 0 Å². The number of benzene rings is 1. The number of rotatable bonds is 2. The Morgan fingerprint density at radius 3 is 3.00 bits per heavy atom. The van der Waals surface area contributed by atoms with Crippen LogP contribution in [0.25, 0.3) is 10.9 Å². The van der Waals surface area contributed by atoms with Gasteiger partial charge in [-0.05, 0) is 6.07 Å². The lowest BCUT2D eigenvalue weighted by Gasteiger charge is -2.02. The summed E-state index contributed by atoms with van der Waals surface area (Å²) in [5.74, 6) is 0.0888. The number of aromatic amines is 1. The van der Waals surface area contributed by atoms with Crippen LogP contribution in [0.2, 0.25) is 0 Å². The van der Waals surface area contributed by atoms with E-state index in [1.54, 1.807) is 18.3 Å².